The minimum Gasteiger partial charge on any atom is -0.481 e. The zero-order chi connectivity index (χ0) is 65.7. The van der Waals surface area contributed by atoms with Crippen molar-refractivity contribution in [3.63, 3.8) is 0 Å². The maximum Gasteiger partial charge on any atom is 0.309 e. The van der Waals surface area contributed by atoms with Gasteiger partial charge in [-0.1, -0.05) is 71.3 Å². The minimum absolute atomic E-state index is 0.0325. The Kier molecular flexibility index (Phi) is 22.1. The highest BCUT2D eigenvalue weighted by Crippen LogP contribution is 2.38. The number of morpholine rings is 3. The van der Waals surface area contributed by atoms with E-state index in [9.17, 15) is 19.5 Å². The third-order valence-corrected chi connectivity index (χ3v) is 20.6. The fourth-order valence-electron chi connectivity index (χ4n) is 15.2. The number of hydrogen-bond donors (Lipinski definition) is 1. The highest BCUT2D eigenvalue weighted by Gasteiger charge is 2.30. The fraction of sp³-hybridized carbons (Fsp3) is 0.462. The fourth-order valence-corrected chi connectivity index (χ4v) is 15.2. The summed E-state index contributed by atoms with van der Waals surface area (Å²) in [7, 11) is 1.47. The Morgan fingerprint density at radius 3 is 1.02 bits per heavy atom. The van der Waals surface area contributed by atoms with Crippen LogP contribution in [0.25, 0.3) is 52.0 Å². The van der Waals surface area contributed by atoms with E-state index in [2.05, 4.69) is 139 Å². The van der Waals surface area contributed by atoms with Crippen LogP contribution in [0.15, 0.2) is 126 Å². The molecule has 1 N–H and O–H groups in total. The number of aromatic nitrogens is 3. The number of hydrogen-bond acceptors (Lipinski definition) is 17. The first-order chi connectivity index (χ1) is 47.1. The molecule has 6 fully saturated rings. The van der Waals surface area contributed by atoms with Gasteiger partial charge in [-0.25, -0.2) is 0 Å². The van der Waals surface area contributed by atoms with Crippen molar-refractivity contribution in [2.45, 2.75) is 64.7 Å². The lowest BCUT2D eigenvalue weighted by atomic mass is 9.96. The Bertz CT molecular complexity index is 3740. The normalized spacial score (nSPS) is 19.6. The summed E-state index contributed by atoms with van der Waals surface area (Å²) in [5.74, 6) is -0.923. The molecule has 0 saturated carbocycles. The highest BCUT2D eigenvalue weighted by molar-refractivity contribution is 5.82. The number of benzene rings is 3. The van der Waals surface area contributed by atoms with Crippen LogP contribution in [0.3, 0.4) is 0 Å². The molecule has 6 saturated heterocycles. The summed E-state index contributed by atoms with van der Waals surface area (Å²) in [6.07, 6.45) is 20.7. The molecule has 0 bridgehead atoms. The first-order valence-corrected chi connectivity index (χ1v) is 35.0. The standard InChI is InChI=1S/C27H33N3O3.C26H31N3O3.C25H29N3O3/c1-2-33-27(31)22-8-11-30(12-9-22)24-5-3-21(4-6-24)26-25-18-20(17-23(25)7-10-28-26)19-29-13-15-32-16-14-29;1-31-26(30)21-7-10-29(11-8-21)23-4-2-20(3-5-23)25-24-17-19(16-22(24)6-9-27-25)18-28-12-14-32-15-13-28;29-25(30)20-6-9-28(10-7-20)22-3-1-19(2-4-22)24-23-16-18(15-21(23)5-8-26-24)17-27-11-13-31-14-12-27/h3-7,10,18,22H,2,8-9,11-17,19H2,1H3;2-6,9,17,21H,7-8,10-16,18H2,1H3;1-5,8,16,20H,6-7,9-15,17H2,(H,29,30). The number of aliphatic carboxylic acids is 1. The van der Waals surface area contributed by atoms with Crippen LogP contribution in [-0.2, 0) is 57.3 Å². The SMILES string of the molecule is CCOC(=O)C1CCN(c2ccc(-c3nccc4c3C=C(CN3CCOCC3)C4)cc2)CC1.COC(=O)C1CCN(c2ccc(-c3nccc4c3C=C(CN3CCOCC3)C4)cc2)CC1.O=C(O)C1CCN(c2ccc(-c3nccc4c3C=C(CN3CCOCC3)C4)cc2)CC1. The lowest BCUT2D eigenvalue weighted by molar-refractivity contribution is -0.149. The molecule has 96 heavy (non-hydrogen) atoms. The molecule has 0 radical (unpaired) electrons. The maximum absolute atomic E-state index is 12.0. The van der Waals surface area contributed by atoms with Gasteiger partial charge < -0.3 is 43.5 Å². The summed E-state index contributed by atoms with van der Waals surface area (Å²) in [5, 5.41) is 9.21. The summed E-state index contributed by atoms with van der Waals surface area (Å²) in [4.78, 5) is 63.6. The van der Waals surface area contributed by atoms with Crippen molar-refractivity contribution < 1.29 is 43.2 Å². The number of esters is 2. The van der Waals surface area contributed by atoms with Gasteiger partial charge in [-0.05, 0) is 136 Å². The molecule has 3 aromatic carbocycles. The average molecular weight is 1300 g/mol. The van der Waals surface area contributed by atoms with E-state index in [1.165, 1.54) is 68.6 Å². The molecule has 18 nitrogen and oxygen atoms in total. The highest BCUT2D eigenvalue weighted by atomic mass is 16.5. The third-order valence-electron chi connectivity index (χ3n) is 20.6. The van der Waals surface area contributed by atoms with Gasteiger partial charge in [-0.15, -0.1) is 0 Å². The number of anilines is 3. The Labute approximate surface area is 565 Å². The van der Waals surface area contributed by atoms with E-state index in [4.69, 9.17) is 38.6 Å². The van der Waals surface area contributed by atoms with Gasteiger partial charge in [0.25, 0.3) is 0 Å². The number of carboxylic acid groups (broad SMARTS) is 1. The molecule has 0 amide bonds. The second-order valence-electron chi connectivity index (χ2n) is 26.8. The van der Waals surface area contributed by atoms with Crippen molar-refractivity contribution in [2.75, 3.05) is 166 Å². The molecule has 9 heterocycles. The molecule has 0 unspecified atom stereocenters. The van der Waals surface area contributed by atoms with Crippen LogP contribution in [0, 0.1) is 17.8 Å². The topological polar surface area (TPSA) is 176 Å². The van der Waals surface area contributed by atoms with E-state index in [1.54, 1.807) is 0 Å². The Balaban J connectivity index is 0.000000130. The molecule has 9 aliphatic rings. The minimum atomic E-state index is -0.667. The van der Waals surface area contributed by atoms with E-state index in [1.807, 2.05) is 25.5 Å². The van der Waals surface area contributed by atoms with Gasteiger partial charge in [0.2, 0.25) is 0 Å². The number of nitrogens with zero attached hydrogens (tertiary/aromatic N) is 9. The quantitative estimate of drug-likeness (QED) is 0.0905. The van der Waals surface area contributed by atoms with E-state index < -0.39 is 5.97 Å². The predicted molar refractivity (Wildman–Crippen MR) is 377 cm³/mol. The van der Waals surface area contributed by atoms with E-state index >= 15 is 0 Å². The zero-order valence-corrected chi connectivity index (χ0v) is 56.0. The van der Waals surface area contributed by atoms with Gasteiger partial charge in [-0.2, -0.15) is 0 Å². The van der Waals surface area contributed by atoms with Crippen LogP contribution in [0.1, 0.15) is 78.8 Å². The zero-order valence-electron chi connectivity index (χ0n) is 56.0. The van der Waals surface area contributed by atoms with Crippen molar-refractivity contribution in [1.82, 2.24) is 29.7 Å². The number of piperidine rings is 3. The number of pyridine rings is 3. The Morgan fingerprint density at radius 2 is 0.729 bits per heavy atom. The molecule has 3 aromatic heterocycles. The molecule has 3 aliphatic carbocycles. The largest absolute Gasteiger partial charge is 0.481 e. The van der Waals surface area contributed by atoms with Gasteiger partial charge in [0.1, 0.15) is 0 Å². The third kappa shape index (κ3) is 16.3. The van der Waals surface area contributed by atoms with Gasteiger partial charge in [0.15, 0.2) is 0 Å². The van der Waals surface area contributed by atoms with Crippen molar-refractivity contribution >= 4 is 53.2 Å². The van der Waals surface area contributed by atoms with Crippen molar-refractivity contribution in [2.24, 2.45) is 17.8 Å². The number of carbonyl (C=O) groups is 3. The molecular weight excluding hydrogens is 1210 g/mol. The molecule has 0 atom stereocenters. The van der Waals surface area contributed by atoms with Gasteiger partial charge >= 0.3 is 17.9 Å². The van der Waals surface area contributed by atoms with Crippen molar-refractivity contribution in [3.8, 4) is 33.8 Å². The molecule has 18 heteroatoms. The van der Waals surface area contributed by atoms with Gasteiger partial charge in [-0.3, -0.25) is 44.0 Å². The van der Waals surface area contributed by atoms with Crippen LogP contribution < -0.4 is 14.7 Å². The summed E-state index contributed by atoms with van der Waals surface area (Å²) >= 11 is 0. The summed E-state index contributed by atoms with van der Waals surface area (Å²) in [6, 6.07) is 32.5. The summed E-state index contributed by atoms with van der Waals surface area (Å²) in [6.45, 7) is 21.5. The van der Waals surface area contributed by atoms with Crippen LogP contribution in [-0.4, -0.2) is 204 Å². The Hall–Kier alpha value is -8.10. The average Bonchev–Trinajstić information content (AvgIpc) is 1.59. The monoisotopic (exact) mass is 1300 g/mol. The number of carboxylic acids is 1. The number of methoxy groups -OCH3 is 1. The lowest BCUT2D eigenvalue weighted by Crippen LogP contribution is -2.37. The van der Waals surface area contributed by atoms with E-state index in [0.29, 0.717) is 19.4 Å². The van der Waals surface area contributed by atoms with Crippen molar-refractivity contribution in [1.29, 1.82) is 0 Å². The number of rotatable bonds is 16. The van der Waals surface area contributed by atoms with Gasteiger partial charge in [0, 0.05) is 167 Å². The molecule has 6 aromatic rings. The lowest BCUT2D eigenvalue weighted by Gasteiger charge is -2.32. The van der Waals surface area contributed by atoms with Crippen LogP contribution in [0.5, 0.6) is 0 Å². The molecule has 504 valence electrons. The molecule has 6 aliphatic heterocycles. The molecule has 15 rings (SSSR count). The second-order valence-corrected chi connectivity index (χ2v) is 26.8. The predicted octanol–water partition coefficient (Wildman–Crippen LogP) is 10.5. The number of carbonyl (C=O) groups excluding carboxylic acids is 2. The maximum atomic E-state index is 12.0. The van der Waals surface area contributed by atoms with E-state index in [0.717, 1.165) is 222 Å². The molecular formula is C78H93N9O9. The number of ether oxygens (including phenoxy) is 5. The van der Waals surface area contributed by atoms with Gasteiger partial charge in [0.05, 0.1) is 88.2 Å². The van der Waals surface area contributed by atoms with Crippen LogP contribution in [0.4, 0.5) is 17.1 Å². The van der Waals surface area contributed by atoms with Crippen LogP contribution in [0.2, 0.25) is 0 Å². The summed E-state index contributed by atoms with van der Waals surface area (Å²) in [5.41, 5.74) is 22.4. The Morgan fingerprint density at radius 1 is 0.427 bits per heavy atom. The first kappa shape index (κ1) is 66.5. The summed E-state index contributed by atoms with van der Waals surface area (Å²) < 4.78 is 26.5. The first-order valence-electron chi connectivity index (χ1n) is 35.0. The van der Waals surface area contributed by atoms with Crippen LogP contribution >= 0.6 is 0 Å². The molecule has 0 spiro atoms. The van der Waals surface area contributed by atoms with Crippen molar-refractivity contribution in [3.05, 3.63) is 160 Å². The second kappa shape index (κ2) is 31.8. The number of fused-ring (bicyclic) bond motifs is 3. The van der Waals surface area contributed by atoms with E-state index in [-0.39, 0.29) is 29.7 Å². The smallest absolute Gasteiger partial charge is 0.309 e.